The average molecular weight is 337 g/mol. The van der Waals surface area contributed by atoms with Gasteiger partial charge in [0.2, 0.25) is 5.82 Å². The number of rotatable bonds is 6. The molecule has 0 fully saturated rings. The van der Waals surface area contributed by atoms with E-state index in [1.165, 1.54) is 0 Å². The number of ether oxygens (including phenoxy) is 1. The number of carbonyl (C=O) groups excluding carboxylic acids is 1. The molecule has 0 radical (unpaired) electrons. The third kappa shape index (κ3) is 3.92. The molecule has 0 aliphatic carbocycles. The topological polar surface area (TPSA) is 77.2 Å². The van der Waals surface area contributed by atoms with Crippen molar-refractivity contribution in [3.05, 3.63) is 59.7 Å². The third-order valence-corrected chi connectivity index (χ3v) is 3.70. The Morgan fingerprint density at radius 3 is 2.84 bits per heavy atom. The van der Waals surface area contributed by atoms with E-state index in [2.05, 4.69) is 15.5 Å². The van der Waals surface area contributed by atoms with Crippen LogP contribution in [0, 0.1) is 6.92 Å². The molecule has 0 unspecified atom stereocenters. The molecule has 25 heavy (non-hydrogen) atoms. The molecule has 0 aliphatic heterocycles. The molecular formula is C19H19N3O3. The number of amides is 1. The number of aromatic nitrogens is 2. The molecule has 0 bridgehead atoms. The highest BCUT2D eigenvalue weighted by atomic mass is 16.5. The highest BCUT2D eigenvalue weighted by Gasteiger charge is 2.17. The zero-order chi connectivity index (χ0) is 17.6. The molecule has 3 aromatic rings. The van der Waals surface area contributed by atoms with Crippen LogP contribution < -0.4 is 5.32 Å². The zero-order valence-corrected chi connectivity index (χ0v) is 14.2. The fourth-order valence-electron chi connectivity index (χ4n) is 2.46. The van der Waals surface area contributed by atoms with Crippen LogP contribution >= 0.6 is 0 Å². The number of methoxy groups -OCH3 is 1. The maximum absolute atomic E-state index is 12.4. The van der Waals surface area contributed by atoms with Gasteiger partial charge in [-0.2, -0.15) is 4.98 Å². The van der Waals surface area contributed by atoms with Gasteiger partial charge in [0.15, 0.2) is 0 Å². The lowest BCUT2D eigenvalue weighted by atomic mass is 10.1. The molecule has 3 rings (SSSR count). The van der Waals surface area contributed by atoms with E-state index in [1.807, 2.05) is 37.3 Å². The van der Waals surface area contributed by atoms with Gasteiger partial charge in [0.05, 0.1) is 17.7 Å². The highest BCUT2D eigenvalue weighted by molar-refractivity contribution is 6.00. The van der Waals surface area contributed by atoms with Gasteiger partial charge in [0.25, 0.3) is 11.8 Å². The van der Waals surface area contributed by atoms with Crippen LogP contribution in [0.3, 0.4) is 0 Å². The minimum Gasteiger partial charge on any atom is -0.383 e. The lowest BCUT2D eigenvalue weighted by Gasteiger charge is -2.07. The number of benzene rings is 2. The molecule has 1 heterocycles. The quantitative estimate of drug-likeness (QED) is 0.700. The van der Waals surface area contributed by atoms with Gasteiger partial charge in [-0.15, -0.1) is 0 Å². The van der Waals surface area contributed by atoms with E-state index in [1.54, 1.807) is 25.3 Å². The Kier molecular flexibility index (Phi) is 5.20. The molecule has 1 aromatic heterocycles. The molecule has 0 saturated heterocycles. The SMILES string of the molecule is COCCNC(=O)c1ccccc1-c1nc(-c2cccc(C)c2)no1. The van der Waals surface area contributed by atoms with Gasteiger partial charge >= 0.3 is 0 Å². The van der Waals surface area contributed by atoms with E-state index < -0.39 is 0 Å². The van der Waals surface area contributed by atoms with Gasteiger partial charge in [-0.1, -0.05) is 41.1 Å². The Balaban J connectivity index is 1.89. The summed E-state index contributed by atoms with van der Waals surface area (Å²) >= 11 is 0. The predicted octanol–water partition coefficient (Wildman–Crippen LogP) is 3.09. The van der Waals surface area contributed by atoms with E-state index in [9.17, 15) is 4.79 Å². The molecular weight excluding hydrogens is 318 g/mol. The van der Waals surface area contributed by atoms with Crippen molar-refractivity contribution < 1.29 is 14.1 Å². The van der Waals surface area contributed by atoms with Gasteiger partial charge in [-0.25, -0.2) is 0 Å². The van der Waals surface area contributed by atoms with Crippen LogP contribution in [-0.2, 0) is 4.74 Å². The van der Waals surface area contributed by atoms with E-state index >= 15 is 0 Å². The Bertz CT molecular complexity index is 874. The number of hydrogen-bond acceptors (Lipinski definition) is 5. The summed E-state index contributed by atoms with van der Waals surface area (Å²) in [4.78, 5) is 16.8. The van der Waals surface area contributed by atoms with Crippen LogP contribution in [0.15, 0.2) is 53.1 Å². The largest absolute Gasteiger partial charge is 0.383 e. The summed E-state index contributed by atoms with van der Waals surface area (Å²) in [7, 11) is 1.59. The van der Waals surface area contributed by atoms with Gasteiger partial charge < -0.3 is 14.6 Å². The summed E-state index contributed by atoms with van der Waals surface area (Å²) in [5.41, 5.74) is 3.07. The summed E-state index contributed by atoms with van der Waals surface area (Å²) in [6.07, 6.45) is 0. The second-order valence-electron chi connectivity index (χ2n) is 5.59. The first-order valence-electron chi connectivity index (χ1n) is 7.96. The van der Waals surface area contributed by atoms with Crippen LogP contribution in [0.5, 0.6) is 0 Å². The number of nitrogens with zero attached hydrogens (tertiary/aromatic N) is 2. The summed E-state index contributed by atoms with van der Waals surface area (Å²) in [5.74, 6) is 0.602. The molecule has 1 amide bonds. The molecule has 0 atom stereocenters. The van der Waals surface area contributed by atoms with Crippen molar-refractivity contribution in [2.24, 2.45) is 0 Å². The maximum Gasteiger partial charge on any atom is 0.259 e. The van der Waals surface area contributed by atoms with E-state index in [0.717, 1.165) is 11.1 Å². The first-order chi connectivity index (χ1) is 12.2. The van der Waals surface area contributed by atoms with Gasteiger partial charge in [0.1, 0.15) is 0 Å². The summed E-state index contributed by atoms with van der Waals surface area (Å²) < 4.78 is 10.3. The Hall–Kier alpha value is -2.99. The van der Waals surface area contributed by atoms with Crippen molar-refractivity contribution in [2.45, 2.75) is 6.92 Å². The van der Waals surface area contributed by atoms with Crippen LogP contribution in [-0.4, -0.2) is 36.3 Å². The zero-order valence-electron chi connectivity index (χ0n) is 14.2. The number of carbonyl (C=O) groups is 1. The maximum atomic E-state index is 12.4. The fourth-order valence-corrected chi connectivity index (χ4v) is 2.46. The normalized spacial score (nSPS) is 10.6. The van der Waals surface area contributed by atoms with Gasteiger partial charge in [-0.05, 0) is 25.1 Å². The minimum atomic E-state index is -0.206. The number of nitrogens with one attached hydrogen (secondary N) is 1. The molecule has 0 aliphatic rings. The van der Waals surface area contributed by atoms with Crippen molar-refractivity contribution >= 4 is 5.91 Å². The number of aryl methyl sites for hydroxylation is 1. The van der Waals surface area contributed by atoms with Crippen LogP contribution in [0.1, 0.15) is 15.9 Å². The molecule has 1 N–H and O–H groups in total. The van der Waals surface area contributed by atoms with E-state index in [-0.39, 0.29) is 5.91 Å². The molecule has 128 valence electrons. The predicted molar refractivity (Wildman–Crippen MR) is 94.1 cm³/mol. The molecule has 2 aromatic carbocycles. The molecule has 0 saturated carbocycles. The highest BCUT2D eigenvalue weighted by Crippen LogP contribution is 2.25. The van der Waals surface area contributed by atoms with Crippen LogP contribution in [0.25, 0.3) is 22.8 Å². The van der Waals surface area contributed by atoms with Crippen molar-refractivity contribution in [3.8, 4) is 22.8 Å². The lowest BCUT2D eigenvalue weighted by molar-refractivity contribution is 0.0937. The Morgan fingerprint density at radius 2 is 2.04 bits per heavy atom. The minimum absolute atomic E-state index is 0.206. The smallest absolute Gasteiger partial charge is 0.259 e. The van der Waals surface area contributed by atoms with Crippen LogP contribution in [0.2, 0.25) is 0 Å². The van der Waals surface area contributed by atoms with Crippen molar-refractivity contribution in [3.63, 3.8) is 0 Å². The monoisotopic (exact) mass is 337 g/mol. The lowest BCUT2D eigenvalue weighted by Crippen LogP contribution is -2.27. The van der Waals surface area contributed by atoms with Crippen molar-refractivity contribution in [1.29, 1.82) is 0 Å². The molecule has 6 nitrogen and oxygen atoms in total. The fraction of sp³-hybridized carbons (Fsp3) is 0.211. The second kappa shape index (κ2) is 7.72. The van der Waals surface area contributed by atoms with Crippen LogP contribution in [0.4, 0.5) is 0 Å². The standard InChI is InChI=1S/C19H19N3O3/c1-13-6-5-7-14(12-13)17-21-19(25-22-17)16-9-4-3-8-15(16)18(23)20-10-11-24-2/h3-9,12H,10-11H2,1-2H3,(H,20,23). The van der Waals surface area contributed by atoms with Gasteiger partial charge in [-0.3, -0.25) is 4.79 Å². The third-order valence-electron chi connectivity index (χ3n) is 3.70. The van der Waals surface area contributed by atoms with Crippen molar-refractivity contribution in [2.75, 3.05) is 20.3 Å². The number of hydrogen-bond donors (Lipinski definition) is 1. The Labute approximate surface area is 145 Å². The average Bonchev–Trinajstić information content (AvgIpc) is 3.12. The second-order valence-corrected chi connectivity index (χ2v) is 5.59. The van der Waals surface area contributed by atoms with E-state index in [0.29, 0.717) is 36.0 Å². The van der Waals surface area contributed by atoms with E-state index in [4.69, 9.17) is 9.26 Å². The first kappa shape index (κ1) is 16.9. The van der Waals surface area contributed by atoms with Gasteiger partial charge in [0, 0.05) is 19.2 Å². The summed E-state index contributed by atoms with van der Waals surface area (Å²) in [6.45, 7) is 2.89. The summed E-state index contributed by atoms with van der Waals surface area (Å²) in [6, 6.07) is 15.0. The molecule has 0 spiro atoms. The Morgan fingerprint density at radius 1 is 1.20 bits per heavy atom. The summed E-state index contributed by atoms with van der Waals surface area (Å²) in [5, 5.41) is 6.84. The van der Waals surface area contributed by atoms with Crippen molar-refractivity contribution in [1.82, 2.24) is 15.5 Å². The first-order valence-corrected chi connectivity index (χ1v) is 7.96. The molecule has 6 heteroatoms.